The van der Waals surface area contributed by atoms with Crippen LogP contribution in [-0.4, -0.2) is 57.8 Å². The minimum atomic E-state index is -0.791. The van der Waals surface area contributed by atoms with Gasteiger partial charge < -0.3 is 15.4 Å². The van der Waals surface area contributed by atoms with Crippen molar-refractivity contribution >= 4 is 17.5 Å². The third-order valence-electron chi connectivity index (χ3n) is 8.47. The Bertz CT molecular complexity index is 1970. The van der Waals surface area contributed by atoms with E-state index < -0.39 is 22.9 Å². The van der Waals surface area contributed by atoms with Crippen molar-refractivity contribution in [2.24, 2.45) is 14.1 Å². The summed E-state index contributed by atoms with van der Waals surface area (Å²) in [6.45, 7) is 4.73. The Kier molecular flexibility index (Phi) is 9.19. The van der Waals surface area contributed by atoms with E-state index in [1.165, 1.54) is 27.3 Å². The van der Waals surface area contributed by atoms with E-state index in [-0.39, 0.29) is 17.8 Å². The molecule has 0 spiro atoms. The number of anilines is 1. The zero-order valence-electron chi connectivity index (χ0n) is 26.7. The summed E-state index contributed by atoms with van der Waals surface area (Å²) < 4.78 is 23.1. The highest BCUT2D eigenvalue weighted by molar-refractivity contribution is 6.03. The second kappa shape index (κ2) is 13.1. The number of rotatable bonds is 9. The summed E-state index contributed by atoms with van der Waals surface area (Å²) in [5, 5.41) is 9.58. The number of benzene rings is 3. The van der Waals surface area contributed by atoms with Crippen molar-refractivity contribution in [3.63, 3.8) is 0 Å². The molecule has 2 heterocycles. The van der Waals surface area contributed by atoms with Gasteiger partial charge in [-0.05, 0) is 78.9 Å². The van der Waals surface area contributed by atoms with Crippen molar-refractivity contribution in [3.05, 3.63) is 97.6 Å². The SMILES string of the molecule is COc1cc(-c2cccc(-c3cccc(NC(=O)c4nn(C)c(=O)n(C)c4=O)c3C)c2C)cc(F)c1CN(C)C[C@@H]1CCC(=O)N1. The number of hydrogen-bond donors (Lipinski definition) is 2. The van der Waals surface area contributed by atoms with E-state index in [0.717, 1.165) is 43.5 Å². The lowest BCUT2D eigenvalue weighted by Crippen LogP contribution is -2.43. The van der Waals surface area contributed by atoms with Gasteiger partial charge in [0.2, 0.25) is 11.6 Å². The maximum absolute atomic E-state index is 15.7. The molecule has 0 saturated carbocycles. The number of carbonyl (C=O) groups excluding carboxylic acids is 2. The molecule has 0 bridgehead atoms. The normalized spacial score (nSPS) is 14.4. The number of nitrogens with one attached hydrogen (secondary N) is 2. The predicted octanol–water partition coefficient (Wildman–Crippen LogP) is 3.54. The van der Waals surface area contributed by atoms with Crippen molar-refractivity contribution in [2.45, 2.75) is 39.3 Å². The third-order valence-corrected chi connectivity index (χ3v) is 8.47. The monoisotopic (exact) mass is 628 g/mol. The molecule has 46 heavy (non-hydrogen) atoms. The zero-order chi connectivity index (χ0) is 33.3. The molecule has 4 aromatic rings. The lowest BCUT2D eigenvalue weighted by Gasteiger charge is -2.23. The highest BCUT2D eigenvalue weighted by Gasteiger charge is 2.24. The summed E-state index contributed by atoms with van der Waals surface area (Å²) in [5.74, 6) is -0.647. The molecule has 1 saturated heterocycles. The van der Waals surface area contributed by atoms with E-state index in [1.54, 1.807) is 12.1 Å². The van der Waals surface area contributed by atoms with Crippen LogP contribution in [0, 0.1) is 19.7 Å². The first-order chi connectivity index (χ1) is 21.9. The molecule has 2 amide bonds. The molecule has 1 aliphatic rings. The number of ether oxygens (including phenoxy) is 1. The average Bonchev–Trinajstić information content (AvgIpc) is 3.43. The molecule has 240 valence electrons. The van der Waals surface area contributed by atoms with Gasteiger partial charge in [-0.25, -0.2) is 13.9 Å². The van der Waals surface area contributed by atoms with Crippen molar-refractivity contribution in [1.82, 2.24) is 24.6 Å². The number of methoxy groups -OCH3 is 1. The van der Waals surface area contributed by atoms with Gasteiger partial charge in [0.15, 0.2) is 0 Å². The van der Waals surface area contributed by atoms with Crippen molar-refractivity contribution < 1.29 is 18.7 Å². The molecule has 5 rings (SSSR count). The van der Waals surface area contributed by atoms with Gasteiger partial charge in [0.05, 0.1) is 7.11 Å². The Morgan fingerprint density at radius 1 is 1.07 bits per heavy atom. The zero-order valence-corrected chi connectivity index (χ0v) is 26.7. The molecule has 0 radical (unpaired) electrons. The fourth-order valence-electron chi connectivity index (χ4n) is 5.95. The number of aryl methyl sites for hydroxylation is 1. The van der Waals surface area contributed by atoms with Crippen molar-refractivity contribution in [2.75, 3.05) is 26.0 Å². The first kappa shape index (κ1) is 32.3. The standard InChI is InChI=1S/C34H37FN6O5/c1-19-23(21-15-27(35)26(29(16-21)46-6)18-39(3)17-22-13-14-30(42)36-22)9-7-10-24(19)25-11-8-12-28(20(25)2)37-32(43)31-33(44)40(4)34(45)41(5)38-31/h7-12,15-16,22H,13-14,17-18H2,1-6H3,(H,36,42)(H,37,43)/t22-/m0/s1. The highest BCUT2D eigenvalue weighted by Crippen LogP contribution is 2.38. The molecular formula is C34H37FN6O5. The van der Waals surface area contributed by atoms with E-state index in [9.17, 15) is 19.2 Å². The van der Waals surface area contributed by atoms with Gasteiger partial charge in [-0.1, -0.05) is 30.3 Å². The van der Waals surface area contributed by atoms with E-state index in [4.69, 9.17) is 4.74 Å². The predicted molar refractivity (Wildman–Crippen MR) is 173 cm³/mol. The van der Waals surface area contributed by atoms with Gasteiger partial charge in [0, 0.05) is 50.9 Å². The van der Waals surface area contributed by atoms with Crippen LogP contribution in [-0.2, 0) is 25.4 Å². The van der Waals surface area contributed by atoms with Crippen LogP contribution in [0.2, 0.25) is 0 Å². The molecule has 11 nitrogen and oxygen atoms in total. The minimum Gasteiger partial charge on any atom is -0.496 e. The molecule has 1 aliphatic heterocycles. The maximum atomic E-state index is 15.7. The number of likely N-dealkylation sites (N-methyl/N-ethyl adjacent to an activating group) is 1. The van der Waals surface area contributed by atoms with Crippen LogP contribution >= 0.6 is 0 Å². The molecule has 1 atom stereocenters. The van der Waals surface area contributed by atoms with Gasteiger partial charge >= 0.3 is 5.69 Å². The Morgan fingerprint density at radius 2 is 1.74 bits per heavy atom. The van der Waals surface area contributed by atoms with Crippen LogP contribution in [0.1, 0.15) is 40.0 Å². The Labute approximate surface area is 265 Å². The second-order valence-electron chi connectivity index (χ2n) is 11.7. The first-order valence-electron chi connectivity index (χ1n) is 14.9. The molecule has 3 aromatic carbocycles. The molecule has 1 aromatic heterocycles. The van der Waals surface area contributed by atoms with Crippen molar-refractivity contribution in [3.8, 4) is 28.0 Å². The van der Waals surface area contributed by atoms with Crippen LogP contribution in [0.25, 0.3) is 22.3 Å². The number of halogens is 1. The van der Waals surface area contributed by atoms with Gasteiger partial charge in [0.1, 0.15) is 11.6 Å². The smallest absolute Gasteiger partial charge is 0.346 e. The third kappa shape index (κ3) is 6.34. The summed E-state index contributed by atoms with van der Waals surface area (Å²) in [7, 11) is 6.07. The average molecular weight is 629 g/mol. The van der Waals surface area contributed by atoms with Gasteiger partial charge in [-0.3, -0.25) is 23.9 Å². The fraction of sp³-hybridized carbons (Fsp3) is 0.324. The summed E-state index contributed by atoms with van der Waals surface area (Å²) in [4.78, 5) is 51.2. The van der Waals surface area contributed by atoms with E-state index in [2.05, 4.69) is 15.7 Å². The lowest BCUT2D eigenvalue weighted by atomic mass is 9.90. The number of nitrogens with zero attached hydrogens (tertiary/aromatic N) is 4. The molecule has 1 fully saturated rings. The molecule has 0 unspecified atom stereocenters. The molecular weight excluding hydrogens is 591 g/mol. The Hall–Kier alpha value is -5.10. The molecule has 12 heteroatoms. The summed E-state index contributed by atoms with van der Waals surface area (Å²) >= 11 is 0. The largest absolute Gasteiger partial charge is 0.496 e. The van der Waals surface area contributed by atoms with E-state index in [0.29, 0.717) is 42.1 Å². The number of aromatic nitrogens is 3. The first-order valence-corrected chi connectivity index (χ1v) is 14.9. The van der Waals surface area contributed by atoms with Crippen LogP contribution in [0.4, 0.5) is 10.1 Å². The lowest BCUT2D eigenvalue weighted by molar-refractivity contribution is -0.119. The highest BCUT2D eigenvalue weighted by atomic mass is 19.1. The van der Waals surface area contributed by atoms with Crippen LogP contribution < -0.4 is 26.6 Å². The topological polar surface area (TPSA) is 128 Å². The quantitative estimate of drug-likeness (QED) is 0.290. The second-order valence-corrected chi connectivity index (χ2v) is 11.7. The Morgan fingerprint density at radius 3 is 2.41 bits per heavy atom. The van der Waals surface area contributed by atoms with E-state index >= 15 is 4.39 Å². The van der Waals surface area contributed by atoms with Gasteiger partial charge in [-0.15, -0.1) is 0 Å². The van der Waals surface area contributed by atoms with Crippen molar-refractivity contribution in [1.29, 1.82) is 0 Å². The molecule has 2 N–H and O–H groups in total. The number of amides is 2. The fourth-order valence-corrected chi connectivity index (χ4v) is 5.95. The van der Waals surface area contributed by atoms with Gasteiger partial charge in [0.25, 0.3) is 11.5 Å². The summed E-state index contributed by atoms with van der Waals surface area (Å²) in [6, 6.07) is 14.6. The van der Waals surface area contributed by atoms with Crippen LogP contribution in [0.15, 0.2) is 58.1 Å². The molecule has 0 aliphatic carbocycles. The van der Waals surface area contributed by atoms with Crippen LogP contribution in [0.3, 0.4) is 0 Å². The minimum absolute atomic E-state index is 0.0430. The Balaban J connectivity index is 1.44. The number of carbonyl (C=O) groups is 2. The van der Waals surface area contributed by atoms with Gasteiger partial charge in [-0.2, -0.15) is 5.10 Å². The summed E-state index contributed by atoms with van der Waals surface area (Å²) in [5.41, 5.74) is 3.92. The van der Waals surface area contributed by atoms with Crippen LogP contribution in [0.5, 0.6) is 5.75 Å². The number of hydrogen-bond acceptors (Lipinski definition) is 7. The van der Waals surface area contributed by atoms with E-state index in [1.807, 2.05) is 56.1 Å². The maximum Gasteiger partial charge on any atom is 0.346 e. The summed E-state index contributed by atoms with van der Waals surface area (Å²) in [6.07, 6.45) is 1.27.